The number of carbonyl (C=O) groups is 1. The van der Waals surface area contributed by atoms with Gasteiger partial charge in [-0.1, -0.05) is 0 Å². The smallest absolute Gasteiger partial charge is 0.327 e. The number of nitrogens with zero attached hydrogens (tertiary/aromatic N) is 4. The standard InChI is InChI=1S/C8H12N4O2/c1-3-14-7(13)6-10-8-9-4-5-11-12(8)2/h4-5H,3,6H2,1-2H3. The van der Waals surface area contributed by atoms with E-state index in [1.807, 2.05) is 0 Å². The van der Waals surface area contributed by atoms with Crippen LogP contribution in [0, 0.1) is 0 Å². The van der Waals surface area contributed by atoms with Gasteiger partial charge in [0.1, 0.15) is 6.54 Å². The van der Waals surface area contributed by atoms with Crippen molar-refractivity contribution in [3.63, 3.8) is 0 Å². The van der Waals surface area contributed by atoms with Crippen molar-refractivity contribution in [1.29, 1.82) is 0 Å². The van der Waals surface area contributed by atoms with Crippen LogP contribution in [0.4, 0.5) is 0 Å². The van der Waals surface area contributed by atoms with Gasteiger partial charge >= 0.3 is 5.97 Å². The first-order valence-corrected chi connectivity index (χ1v) is 4.24. The second-order valence-electron chi connectivity index (χ2n) is 2.49. The topological polar surface area (TPSA) is 69.4 Å². The van der Waals surface area contributed by atoms with E-state index in [9.17, 15) is 4.79 Å². The lowest BCUT2D eigenvalue weighted by atomic mass is 10.6. The van der Waals surface area contributed by atoms with Crippen LogP contribution in [0.2, 0.25) is 0 Å². The summed E-state index contributed by atoms with van der Waals surface area (Å²) in [4.78, 5) is 18.8. The molecule has 76 valence electrons. The molecule has 0 atom stereocenters. The molecule has 0 N–H and O–H groups in total. The average Bonchev–Trinajstić information content (AvgIpc) is 2.17. The monoisotopic (exact) mass is 196 g/mol. The number of aromatic nitrogens is 3. The molecule has 0 aliphatic rings. The summed E-state index contributed by atoms with van der Waals surface area (Å²) in [6.45, 7) is 2.08. The lowest BCUT2D eigenvalue weighted by molar-refractivity contribution is -0.141. The van der Waals surface area contributed by atoms with Crippen molar-refractivity contribution in [3.05, 3.63) is 18.0 Å². The van der Waals surface area contributed by atoms with Gasteiger partial charge in [-0.2, -0.15) is 5.10 Å². The fourth-order valence-electron chi connectivity index (χ4n) is 0.850. The molecule has 0 unspecified atom stereocenters. The highest BCUT2D eigenvalue weighted by molar-refractivity contribution is 5.71. The summed E-state index contributed by atoms with van der Waals surface area (Å²) in [5, 5.41) is 3.91. The van der Waals surface area contributed by atoms with Gasteiger partial charge < -0.3 is 4.74 Å². The number of ether oxygens (including phenoxy) is 1. The average molecular weight is 196 g/mol. The third-order valence-electron chi connectivity index (χ3n) is 1.44. The predicted molar refractivity (Wildman–Crippen MR) is 48.1 cm³/mol. The van der Waals surface area contributed by atoms with Gasteiger partial charge in [0.2, 0.25) is 5.62 Å². The predicted octanol–water partition coefficient (Wildman–Crippen LogP) is -0.721. The van der Waals surface area contributed by atoms with Crippen molar-refractivity contribution in [1.82, 2.24) is 14.8 Å². The quantitative estimate of drug-likeness (QED) is 0.598. The third kappa shape index (κ3) is 2.96. The van der Waals surface area contributed by atoms with E-state index in [2.05, 4.69) is 15.1 Å². The molecule has 1 aromatic heterocycles. The maximum absolute atomic E-state index is 11.0. The zero-order valence-electron chi connectivity index (χ0n) is 8.17. The molecule has 1 aromatic rings. The van der Waals surface area contributed by atoms with Gasteiger partial charge in [0.05, 0.1) is 19.0 Å². The fourth-order valence-corrected chi connectivity index (χ4v) is 0.850. The van der Waals surface area contributed by atoms with Crippen LogP contribution >= 0.6 is 0 Å². The van der Waals surface area contributed by atoms with Gasteiger partial charge in [0.25, 0.3) is 0 Å². The number of hydrogen-bond donors (Lipinski definition) is 0. The number of carbonyl (C=O) groups excluding carboxylic acids is 1. The van der Waals surface area contributed by atoms with Crippen LogP contribution in [0.1, 0.15) is 6.92 Å². The maximum atomic E-state index is 11.0. The minimum absolute atomic E-state index is 0.0274. The van der Waals surface area contributed by atoms with Gasteiger partial charge in [-0.15, -0.1) is 0 Å². The molecule has 1 heterocycles. The Labute approximate surface area is 81.3 Å². The molecule has 0 aliphatic carbocycles. The Morgan fingerprint density at radius 3 is 3.07 bits per heavy atom. The van der Waals surface area contributed by atoms with Crippen LogP contribution in [0.15, 0.2) is 17.4 Å². The molecule has 0 amide bonds. The van der Waals surface area contributed by atoms with Crippen LogP contribution in [0.3, 0.4) is 0 Å². The van der Waals surface area contributed by atoms with Gasteiger partial charge in [0.15, 0.2) is 0 Å². The minimum atomic E-state index is -0.363. The number of esters is 1. The molecule has 0 bridgehead atoms. The van der Waals surface area contributed by atoms with Crippen LogP contribution < -0.4 is 5.62 Å². The molecule has 0 saturated carbocycles. The first-order chi connectivity index (χ1) is 6.74. The Morgan fingerprint density at radius 2 is 2.43 bits per heavy atom. The molecule has 0 saturated heterocycles. The second kappa shape index (κ2) is 5.11. The Balaban J connectivity index is 2.70. The van der Waals surface area contributed by atoms with Gasteiger partial charge in [0, 0.05) is 7.05 Å². The Kier molecular flexibility index (Phi) is 3.78. The first kappa shape index (κ1) is 10.4. The van der Waals surface area contributed by atoms with E-state index in [4.69, 9.17) is 4.74 Å². The van der Waals surface area contributed by atoms with Crippen molar-refractivity contribution >= 4 is 5.97 Å². The highest BCUT2D eigenvalue weighted by Crippen LogP contribution is 1.77. The summed E-state index contributed by atoms with van der Waals surface area (Å²) < 4.78 is 6.20. The lowest BCUT2D eigenvalue weighted by Crippen LogP contribution is -2.25. The number of hydrogen-bond acceptors (Lipinski definition) is 5. The summed E-state index contributed by atoms with van der Waals surface area (Å²) in [7, 11) is 1.71. The van der Waals surface area contributed by atoms with E-state index in [-0.39, 0.29) is 12.5 Å². The SMILES string of the molecule is CCOC(=O)CN=c1nccnn1C. The normalized spacial score (nSPS) is 11.4. The van der Waals surface area contributed by atoms with E-state index < -0.39 is 0 Å². The maximum Gasteiger partial charge on any atom is 0.327 e. The largest absolute Gasteiger partial charge is 0.465 e. The summed E-state index contributed by atoms with van der Waals surface area (Å²) in [5.74, 6) is -0.363. The van der Waals surface area contributed by atoms with Gasteiger partial charge in [-0.05, 0) is 6.92 Å². The molecule has 0 aliphatic heterocycles. The van der Waals surface area contributed by atoms with Crippen molar-refractivity contribution in [2.45, 2.75) is 6.92 Å². The highest BCUT2D eigenvalue weighted by Gasteiger charge is 1.98. The van der Waals surface area contributed by atoms with Gasteiger partial charge in [-0.3, -0.25) is 4.79 Å². The number of aryl methyl sites for hydroxylation is 1. The molecule has 6 heteroatoms. The van der Waals surface area contributed by atoms with E-state index >= 15 is 0 Å². The van der Waals surface area contributed by atoms with Crippen molar-refractivity contribution in [3.8, 4) is 0 Å². The Hall–Kier alpha value is -1.72. The van der Waals surface area contributed by atoms with E-state index in [1.165, 1.54) is 10.9 Å². The molecule has 6 nitrogen and oxygen atoms in total. The summed E-state index contributed by atoms with van der Waals surface area (Å²) in [5.41, 5.74) is 0.403. The van der Waals surface area contributed by atoms with Crippen molar-refractivity contribution in [2.75, 3.05) is 13.2 Å². The Bertz CT molecular complexity index is 372. The molecule has 0 spiro atoms. The molecule has 0 fully saturated rings. The van der Waals surface area contributed by atoms with Gasteiger partial charge in [-0.25, -0.2) is 14.7 Å². The fraction of sp³-hybridized carbons (Fsp3) is 0.500. The molecule has 1 rings (SSSR count). The second-order valence-corrected chi connectivity index (χ2v) is 2.49. The highest BCUT2D eigenvalue weighted by atomic mass is 16.5. The summed E-state index contributed by atoms with van der Waals surface area (Å²) in [6.07, 6.45) is 3.06. The first-order valence-electron chi connectivity index (χ1n) is 4.24. The van der Waals surface area contributed by atoms with Crippen molar-refractivity contribution in [2.24, 2.45) is 12.0 Å². The van der Waals surface area contributed by atoms with Crippen LogP contribution in [-0.4, -0.2) is 33.9 Å². The molecule has 0 radical (unpaired) electrons. The van der Waals surface area contributed by atoms with E-state index in [1.54, 1.807) is 20.2 Å². The van der Waals surface area contributed by atoms with Crippen molar-refractivity contribution < 1.29 is 9.53 Å². The van der Waals surface area contributed by atoms with Crippen LogP contribution in [0.25, 0.3) is 0 Å². The Morgan fingerprint density at radius 1 is 1.64 bits per heavy atom. The number of rotatable bonds is 3. The van der Waals surface area contributed by atoms with Crippen LogP contribution in [0.5, 0.6) is 0 Å². The minimum Gasteiger partial charge on any atom is -0.465 e. The zero-order chi connectivity index (χ0) is 10.4. The third-order valence-corrected chi connectivity index (χ3v) is 1.44. The molecular weight excluding hydrogens is 184 g/mol. The summed E-state index contributed by atoms with van der Waals surface area (Å²) in [6, 6.07) is 0. The molecule has 0 aromatic carbocycles. The zero-order valence-corrected chi connectivity index (χ0v) is 8.17. The van der Waals surface area contributed by atoms with E-state index in [0.717, 1.165) is 0 Å². The molecular formula is C8H12N4O2. The van der Waals surface area contributed by atoms with E-state index in [0.29, 0.717) is 12.2 Å². The summed E-state index contributed by atoms with van der Waals surface area (Å²) >= 11 is 0. The van der Waals surface area contributed by atoms with Crippen LogP contribution in [-0.2, 0) is 16.6 Å². The molecule has 14 heavy (non-hydrogen) atoms. The lowest BCUT2D eigenvalue weighted by Gasteiger charge is -1.97.